The number of nitrogens with zero attached hydrogens (tertiary/aromatic N) is 3. The molecule has 1 aliphatic rings. The Bertz CT molecular complexity index is 714. The van der Waals surface area contributed by atoms with E-state index in [4.69, 9.17) is 11.6 Å². The van der Waals surface area contributed by atoms with Crippen molar-refractivity contribution < 1.29 is 14.2 Å². The lowest BCUT2D eigenvalue weighted by Crippen LogP contribution is -2.51. The van der Waals surface area contributed by atoms with E-state index >= 15 is 0 Å². The molecule has 7 heteroatoms. The molecule has 1 aromatic carbocycles. The molecule has 1 fully saturated rings. The zero-order valence-corrected chi connectivity index (χ0v) is 12.0. The highest BCUT2D eigenvalue weighted by Crippen LogP contribution is 2.23. The predicted octanol–water partition coefficient (Wildman–Crippen LogP) is 1.86. The number of hydrogen-bond donors (Lipinski definition) is 0. The number of aromatic nitrogens is 2. The van der Waals surface area contributed by atoms with Crippen molar-refractivity contribution in [3.05, 3.63) is 46.1 Å². The molecular weight excluding hydrogens is 294 g/mol. The number of quaternary nitrogens is 1. The van der Waals surface area contributed by atoms with Gasteiger partial charge in [-0.05, 0) is 6.07 Å². The summed E-state index contributed by atoms with van der Waals surface area (Å²) in [6, 6.07) is 6.68. The second kappa shape index (κ2) is 5.22. The normalized spacial score (nSPS) is 17.2. The number of fused-ring (bicyclic) bond motifs is 1. The first kappa shape index (κ1) is 14.2. The van der Waals surface area contributed by atoms with Crippen LogP contribution in [0.15, 0.2) is 24.3 Å². The molecule has 1 saturated heterocycles. The standard InChI is InChI=1S/C14H14ClN3O3/c15-9-11-13(14(19)18(21)7-3-4-8-18)17(20)12-6-2-1-5-10(12)16-11/h1-2,5-6H,3-4,7-9H2. The third-order valence-electron chi connectivity index (χ3n) is 3.82. The fourth-order valence-corrected chi connectivity index (χ4v) is 2.90. The number of rotatable bonds is 2. The van der Waals surface area contributed by atoms with Gasteiger partial charge in [-0.15, -0.1) is 11.6 Å². The molecule has 0 saturated carbocycles. The van der Waals surface area contributed by atoms with Crippen LogP contribution in [0.1, 0.15) is 29.0 Å². The minimum atomic E-state index is -0.994. The van der Waals surface area contributed by atoms with Crippen molar-refractivity contribution in [1.82, 2.24) is 4.98 Å². The van der Waals surface area contributed by atoms with Gasteiger partial charge in [0.05, 0.1) is 19.0 Å². The molecule has 6 nitrogen and oxygen atoms in total. The van der Waals surface area contributed by atoms with Crippen LogP contribution < -0.4 is 4.73 Å². The van der Waals surface area contributed by atoms with E-state index in [2.05, 4.69) is 4.98 Å². The fourth-order valence-electron chi connectivity index (χ4n) is 2.71. The number of amides is 1. The van der Waals surface area contributed by atoms with E-state index in [1.165, 1.54) is 0 Å². The molecule has 21 heavy (non-hydrogen) atoms. The third kappa shape index (κ3) is 2.25. The Labute approximate surface area is 126 Å². The van der Waals surface area contributed by atoms with Gasteiger partial charge in [-0.3, -0.25) is 4.65 Å². The Morgan fingerprint density at radius 1 is 1.33 bits per heavy atom. The first-order chi connectivity index (χ1) is 10.1. The topological polar surface area (TPSA) is 80.0 Å². The monoisotopic (exact) mass is 307 g/mol. The Morgan fingerprint density at radius 3 is 2.67 bits per heavy atom. The Balaban J connectivity index is 2.21. The summed E-state index contributed by atoms with van der Waals surface area (Å²) in [5, 5.41) is 25.0. The smallest absolute Gasteiger partial charge is 0.413 e. The highest BCUT2D eigenvalue weighted by molar-refractivity contribution is 6.17. The van der Waals surface area contributed by atoms with Crippen LogP contribution >= 0.6 is 11.6 Å². The summed E-state index contributed by atoms with van der Waals surface area (Å²) in [7, 11) is 0. The molecule has 0 aliphatic carbocycles. The lowest BCUT2D eigenvalue weighted by atomic mass is 10.2. The van der Waals surface area contributed by atoms with E-state index in [0.29, 0.717) is 23.1 Å². The van der Waals surface area contributed by atoms with E-state index in [1.54, 1.807) is 24.3 Å². The molecule has 110 valence electrons. The van der Waals surface area contributed by atoms with E-state index in [9.17, 15) is 15.2 Å². The lowest BCUT2D eigenvalue weighted by molar-refractivity contribution is -0.788. The maximum Gasteiger partial charge on any atom is 0.413 e. The SMILES string of the molecule is O=C(c1c(CCl)nc2ccccc2[n+]1[O-])[N+]1([O-])CCCC1. The molecule has 0 N–H and O–H groups in total. The van der Waals surface area contributed by atoms with Crippen LogP contribution in [0.25, 0.3) is 11.0 Å². The Morgan fingerprint density at radius 2 is 2.00 bits per heavy atom. The molecule has 1 aliphatic heterocycles. The van der Waals surface area contributed by atoms with Crippen molar-refractivity contribution in [3.8, 4) is 0 Å². The van der Waals surface area contributed by atoms with Gasteiger partial charge in [0, 0.05) is 18.9 Å². The molecule has 0 spiro atoms. The summed E-state index contributed by atoms with van der Waals surface area (Å²) < 4.78 is -0.495. The predicted molar refractivity (Wildman–Crippen MR) is 77.2 cm³/mol. The first-order valence-electron chi connectivity index (χ1n) is 6.77. The van der Waals surface area contributed by atoms with Crippen molar-refractivity contribution in [1.29, 1.82) is 0 Å². The lowest BCUT2D eigenvalue weighted by Gasteiger charge is -2.33. The largest absolute Gasteiger partial charge is 0.625 e. The van der Waals surface area contributed by atoms with Crippen molar-refractivity contribution >= 4 is 28.5 Å². The molecule has 2 heterocycles. The number of benzene rings is 1. The molecular formula is C14H14ClN3O3. The van der Waals surface area contributed by atoms with Crippen molar-refractivity contribution in [3.63, 3.8) is 0 Å². The van der Waals surface area contributed by atoms with Crippen molar-refractivity contribution in [2.75, 3.05) is 13.1 Å². The highest BCUT2D eigenvalue weighted by atomic mass is 35.5. The van der Waals surface area contributed by atoms with E-state index in [1.807, 2.05) is 0 Å². The van der Waals surface area contributed by atoms with Gasteiger partial charge in [0.25, 0.3) is 0 Å². The van der Waals surface area contributed by atoms with Gasteiger partial charge in [0.15, 0.2) is 0 Å². The maximum atomic E-state index is 12.6. The number of carbonyl (C=O) groups excluding carboxylic acids is 1. The van der Waals surface area contributed by atoms with Crippen LogP contribution in [0.4, 0.5) is 0 Å². The van der Waals surface area contributed by atoms with Crippen LogP contribution in [-0.4, -0.2) is 28.6 Å². The minimum Gasteiger partial charge on any atom is -0.625 e. The highest BCUT2D eigenvalue weighted by Gasteiger charge is 2.40. The molecule has 1 aromatic heterocycles. The molecule has 3 rings (SSSR count). The molecule has 0 radical (unpaired) electrons. The average Bonchev–Trinajstić information content (AvgIpc) is 2.94. The Hall–Kier alpha value is -1.76. The van der Waals surface area contributed by atoms with E-state index in [-0.39, 0.29) is 35.9 Å². The van der Waals surface area contributed by atoms with Gasteiger partial charge in [-0.2, -0.15) is 4.73 Å². The quantitative estimate of drug-likeness (QED) is 0.367. The van der Waals surface area contributed by atoms with E-state index in [0.717, 1.165) is 0 Å². The van der Waals surface area contributed by atoms with Gasteiger partial charge >= 0.3 is 11.6 Å². The number of halogens is 1. The molecule has 1 amide bonds. The fraction of sp³-hybridized carbons (Fsp3) is 0.357. The summed E-state index contributed by atoms with van der Waals surface area (Å²) in [6.45, 7) is 0.404. The average molecular weight is 308 g/mol. The Kier molecular flexibility index (Phi) is 3.52. The minimum absolute atomic E-state index is 0.0891. The van der Waals surface area contributed by atoms with Gasteiger partial charge in [-0.1, -0.05) is 12.1 Å². The van der Waals surface area contributed by atoms with E-state index < -0.39 is 10.6 Å². The molecule has 0 atom stereocenters. The van der Waals surface area contributed by atoms with Crippen LogP contribution in [0.5, 0.6) is 0 Å². The van der Waals surface area contributed by atoms with Crippen LogP contribution in [0.2, 0.25) is 0 Å². The number of alkyl halides is 1. The number of likely N-dealkylation sites (tertiary alicyclic amines) is 1. The zero-order chi connectivity index (χ0) is 15.0. The van der Waals surface area contributed by atoms with Gasteiger partial charge in [0.1, 0.15) is 11.2 Å². The number of hydrogen-bond acceptors (Lipinski definition) is 4. The number of carbonyl (C=O) groups is 1. The van der Waals surface area contributed by atoms with Crippen LogP contribution in [0.3, 0.4) is 0 Å². The molecule has 0 unspecified atom stereocenters. The maximum absolute atomic E-state index is 12.6. The number of hydroxylamine groups is 3. The van der Waals surface area contributed by atoms with Crippen molar-refractivity contribution in [2.24, 2.45) is 0 Å². The van der Waals surface area contributed by atoms with Crippen LogP contribution in [-0.2, 0) is 5.88 Å². The summed E-state index contributed by atoms with van der Waals surface area (Å²) >= 11 is 5.82. The van der Waals surface area contributed by atoms with Gasteiger partial charge in [-0.25, -0.2) is 9.78 Å². The summed E-state index contributed by atoms with van der Waals surface area (Å²) in [4.78, 5) is 16.8. The zero-order valence-electron chi connectivity index (χ0n) is 11.3. The molecule has 0 bridgehead atoms. The second-order valence-electron chi connectivity index (χ2n) is 5.17. The molecule has 2 aromatic rings. The van der Waals surface area contributed by atoms with Crippen LogP contribution in [0, 0.1) is 10.4 Å². The third-order valence-corrected chi connectivity index (χ3v) is 4.07. The van der Waals surface area contributed by atoms with Gasteiger partial charge < -0.3 is 10.4 Å². The van der Waals surface area contributed by atoms with Crippen molar-refractivity contribution in [2.45, 2.75) is 18.7 Å². The first-order valence-corrected chi connectivity index (χ1v) is 7.30. The second-order valence-corrected chi connectivity index (χ2v) is 5.44. The van der Waals surface area contributed by atoms with Gasteiger partial charge in [0.2, 0.25) is 5.52 Å². The summed E-state index contributed by atoms with van der Waals surface area (Å²) in [6.07, 6.45) is 1.37. The number of para-hydroxylation sites is 2. The summed E-state index contributed by atoms with van der Waals surface area (Å²) in [5.74, 6) is -0.829. The summed E-state index contributed by atoms with van der Waals surface area (Å²) in [5.41, 5.74) is 0.662.